The molecule has 1 fully saturated rings. The number of halogens is 2. The van der Waals surface area contributed by atoms with Crippen LogP contribution in [0.5, 0.6) is 5.75 Å². The topological polar surface area (TPSA) is 41.6 Å². The van der Waals surface area contributed by atoms with Gasteiger partial charge in [0.05, 0.1) is 19.1 Å². The van der Waals surface area contributed by atoms with E-state index >= 15 is 0 Å². The van der Waals surface area contributed by atoms with Crippen molar-refractivity contribution in [1.29, 1.82) is 0 Å². The van der Waals surface area contributed by atoms with E-state index in [1.54, 1.807) is 12.1 Å². The van der Waals surface area contributed by atoms with Crippen LogP contribution in [-0.4, -0.2) is 37.0 Å². The molecule has 1 atom stereocenters. The molecule has 144 valence electrons. The molecule has 1 aliphatic rings. The maximum absolute atomic E-state index is 12.9. The van der Waals surface area contributed by atoms with Crippen LogP contribution < -0.4 is 10.1 Å². The molecule has 3 rings (SSSR count). The Hall–Kier alpha value is -2.11. The lowest BCUT2D eigenvalue weighted by Crippen LogP contribution is -2.37. The van der Waals surface area contributed by atoms with E-state index < -0.39 is 0 Å². The Morgan fingerprint density at radius 1 is 1.19 bits per heavy atom. The van der Waals surface area contributed by atoms with E-state index in [-0.39, 0.29) is 30.8 Å². The van der Waals surface area contributed by atoms with Crippen LogP contribution in [0.1, 0.15) is 30.9 Å². The predicted octanol–water partition coefficient (Wildman–Crippen LogP) is 4.20. The highest BCUT2D eigenvalue weighted by Gasteiger charge is 2.24. The highest BCUT2D eigenvalue weighted by atomic mass is 35.5. The summed E-state index contributed by atoms with van der Waals surface area (Å²) in [5, 5.41) is 3.71. The van der Waals surface area contributed by atoms with Crippen LogP contribution in [0.3, 0.4) is 0 Å². The second kappa shape index (κ2) is 9.72. The van der Waals surface area contributed by atoms with Crippen molar-refractivity contribution >= 4 is 17.5 Å². The van der Waals surface area contributed by atoms with Crippen molar-refractivity contribution in [2.75, 3.05) is 26.2 Å². The van der Waals surface area contributed by atoms with E-state index in [1.165, 1.54) is 25.0 Å². The highest BCUT2D eigenvalue weighted by Crippen LogP contribution is 2.26. The summed E-state index contributed by atoms with van der Waals surface area (Å²) in [6.45, 7) is 2.85. The molecule has 27 heavy (non-hydrogen) atoms. The van der Waals surface area contributed by atoms with E-state index in [0.29, 0.717) is 17.3 Å². The molecule has 1 amide bonds. The molecule has 0 spiro atoms. The summed E-state index contributed by atoms with van der Waals surface area (Å²) < 4.78 is 18.4. The first kappa shape index (κ1) is 19.6. The quantitative estimate of drug-likeness (QED) is 0.734. The van der Waals surface area contributed by atoms with Crippen molar-refractivity contribution in [3.63, 3.8) is 0 Å². The van der Waals surface area contributed by atoms with Crippen LogP contribution in [0.25, 0.3) is 0 Å². The molecule has 4 nitrogen and oxygen atoms in total. The van der Waals surface area contributed by atoms with E-state index in [4.69, 9.17) is 16.3 Å². The van der Waals surface area contributed by atoms with Crippen LogP contribution in [-0.2, 0) is 4.79 Å². The molecule has 0 bridgehead atoms. The standard InChI is InChI=1S/C21H24ClFN2O2/c22-17-5-3-4-16(14-17)20(25-11-1-2-12-25)15-24-21(26)10-13-27-19-8-6-18(23)7-9-19/h3-9,14,20H,1-2,10-13,15H2,(H,24,26). The minimum absolute atomic E-state index is 0.0664. The van der Waals surface area contributed by atoms with Gasteiger partial charge in [-0.05, 0) is 67.9 Å². The number of hydrogen-bond donors (Lipinski definition) is 1. The number of amides is 1. The van der Waals surface area contributed by atoms with E-state index in [9.17, 15) is 9.18 Å². The lowest BCUT2D eigenvalue weighted by Gasteiger charge is -2.28. The maximum Gasteiger partial charge on any atom is 0.223 e. The van der Waals surface area contributed by atoms with Gasteiger partial charge in [-0.1, -0.05) is 23.7 Å². The van der Waals surface area contributed by atoms with Crippen molar-refractivity contribution in [1.82, 2.24) is 10.2 Å². The first-order valence-corrected chi connectivity index (χ1v) is 9.64. The predicted molar refractivity (Wildman–Crippen MR) is 105 cm³/mol. The first-order valence-electron chi connectivity index (χ1n) is 9.26. The number of nitrogens with zero attached hydrogens (tertiary/aromatic N) is 1. The number of nitrogens with one attached hydrogen (secondary N) is 1. The molecule has 1 heterocycles. The van der Waals surface area contributed by atoms with Crippen molar-refractivity contribution in [3.8, 4) is 5.75 Å². The lowest BCUT2D eigenvalue weighted by molar-refractivity contribution is -0.121. The maximum atomic E-state index is 12.9. The summed E-state index contributed by atoms with van der Waals surface area (Å²) >= 11 is 6.15. The number of carbonyl (C=O) groups excluding carboxylic acids is 1. The monoisotopic (exact) mass is 390 g/mol. The Kier molecular flexibility index (Phi) is 7.07. The third-order valence-electron chi connectivity index (χ3n) is 4.72. The van der Waals surface area contributed by atoms with Crippen LogP contribution in [0.2, 0.25) is 5.02 Å². The third kappa shape index (κ3) is 5.94. The number of carbonyl (C=O) groups is 1. The van der Waals surface area contributed by atoms with Crippen LogP contribution in [0.15, 0.2) is 48.5 Å². The van der Waals surface area contributed by atoms with Crippen molar-refractivity contribution in [2.24, 2.45) is 0 Å². The molecule has 2 aromatic rings. The first-order chi connectivity index (χ1) is 13.1. The summed E-state index contributed by atoms with van der Waals surface area (Å²) in [4.78, 5) is 14.6. The van der Waals surface area contributed by atoms with Crippen LogP contribution in [0.4, 0.5) is 4.39 Å². The Morgan fingerprint density at radius 2 is 1.93 bits per heavy atom. The molecule has 0 radical (unpaired) electrons. The van der Waals surface area contributed by atoms with Gasteiger partial charge in [0.15, 0.2) is 0 Å². The Bertz CT molecular complexity index is 748. The second-order valence-electron chi connectivity index (χ2n) is 6.67. The minimum atomic E-state index is -0.311. The van der Waals surface area contributed by atoms with Crippen LogP contribution in [0, 0.1) is 5.82 Å². The molecular weight excluding hydrogens is 367 g/mol. The average molecular weight is 391 g/mol. The summed E-state index contributed by atoms with van der Waals surface area (Å²) in [6, 6.07) is 13.7. The Balaban J connectivity index is 1.50. The van der Waals surface area contributed by atoms with Gasteiger partial charge >= 0.3 is 0 Å². The molecule has 0 aliphatic carbocycles. The molecule has 0 aromatic heterocycles. The van der Waals surface area contributed by atoms with E-state index in [0.717, 1.165) is 18.7 Å². The normalized spacial score (nSPS) is 15.5. The second-order valence-corrected chi connectivity index (χ2v) is 7.11. The fourth-order valence-electron chi connectivity index (χ4n) is 3.32. The zero-order chi connectivity index (χ0) is 19.1. The SMILES string of the molecule is O=C(CCOc1ccc(F)cc1)NCC(c1cccc(Cl)c1)N1CCCC1. The Morgan fingerprint density at radius 3 is 2.63 bits per heavy atom. The molecule has 0 saturated carbocycles. The zero-order valence-electron chi connectivity index (χ0n) is 15.2. The van der Waals surface area contributed by atoms with Crippen molar-refractivity contribution < 1.29 is 13.9 Å². The third-order valence-corrected chi connectivity index (χ3v) is 4.95. The largest absolute Gasteiger partial charge is 0.493 e. The number of hydrogen-bond acceptors (Lipinski definition) is 3. The van der Waals surface area contributed by atoms with Gasteiger partial charge in [0.25, 0.3) is 0 Å². The molecule has 1 saturated heterocycles. The lowest BCUT2D eigenvalue weighted by atomic mass is 10.1. The zero-order valence-corrected chi connectivity index (χ0v) is 15.9. The number of benzene rings is 2. The summed E-state index contributed by atoms with van der Waals surface area (Å²) in [7, 11) is 0. The smallest absolute Gasteiger partial charge is 0.223 e. The number of rotatable bonds is 8. The van der Waals surface area contributed by atoms with E-state index in [1.807, 2.05) is 18.2 Å². The molecule has 1 aliphatic heterocycles. The molecule has 1 unspecified atom stereocenters. The van der Waals surface area contributed by atoms with Gasteiger partial charge < -0.3 is 10.1 Å². The molecule has 1 N–H and O–H groups in total. The average Bonchev–Trinajstić information content (AvgIpc) is 3.18. The van der Waals surface area contributed by atoms with E-state index in [2.05, 4.69) is 16.3 Å². The highest BCUT2D eigenvalue weighted by molar-refractivity contribution is 6.30. The van der Waals surface area contributed by atoms with Gasteiger partial charge in [-0.2, -0.15) is 0 Å². The van der Waals surface area contributed by atoms with Gasteiger partial charge in [-0.3, -0.25) is 9.69 Å². The summed E-state index contributed by atoms with van der Waals surface area (Å²) in [5.41, 5.74) is 1.12. The van der Waals surface area contributed by atoms with Gasteiger partial charge in [0, 0.05) is 11.6 Å². The van der Waals surface area contributed by atoms with Crippen LogP contribution >= 0.6 is 11.6 Å². The van der Waals surface area contributed by atoms with Crippen molar-refractivity contribution in [3.05, 3.63) is 64.9 Å². The fraction of sp³-hybridized carbons (Fsp3) is 0.381. The number of likely N-dealkylation sites (tertiary alicyclic amines) is 1. The Labute approximate surface area is 164 Å². The summed E-state index contributed by atoms with van der Waals surface area (Å²) in [6.07, 6.45) is 2.60. The number of ether oxygens (including phenoxy) is 1. The summed E-state index contributed by atoms with van der Waals surface area (Å²) in [5.74, 6) is 0.176. The molecular formula is C21H24ClFN2O2. The molecule has 2 aromatic carbocycles. The van der Waals surface area contributed by atoms with Crippen molar-refractivity contribution in [2.45, 2.75) is 25.3 Å². The molecule has 6 heteroatoms. The van der Waals surface area contributed by atoms with Gasteiger partial charge in [0.2, 0.25) is 5.91 Å². The van der Waals surface area contributed by atoms with Gasteiger partial charge in [-0.25, -0.2) is 4.39 Å². The fourth-order valence-corrected chi connectivity index (χ4v) is 3.51. The minimum Gasteiger partial charge on any atom is -0.493 e. The van der Waals surface area contributed by atoms with Gasteiger partial charge in [-0.15, -0.1) is 0 Å². The van der Waals surface area contributed by atoms with Gasteiger partial charge in [0.1, 0.15) is 11.6 Å².